The number of pyridine rings is 1. The summed E-state index contributed by atoms with van der Waals surface area (Å²) in [7, 11) is 0. The highest BCUT2D eigenvalue weighted by Crippen LogP contribution is 2.45. The van der Waals surface area contributed by atoms with Crippen molar-refractivity contribution in [3.05, 3.63) is 83.2 Å². The zero-order valence-electron chi connectivity index (χ0n) is 18.1. The van der Waals surface area contributed by atoms with Gasteiger partial charge in [0.25, 0.3) is 11.7 Å². The van der Waals surface area contributed by atoms with Gasteiger partial charge in [0.2, 0.25) is 6.79 Å². The maximum atomic E-state index is 13.3. The van der Waals surface area contributed by atoms with Crippen LogP contribution in [0.1, 0.15) is 29.2 Å². The molecule has 1 unspecified atom stereocenters. The van der Waals surface area contributed by atoms with Crippen LogP contribution in [0.3, 0.4) is 0 Å². The fourth-order valence-electron chi connectivity index (χ4n) is 4.65. The molecule has 0 aliphatic carbocycles. The highest BCUT2D eigenvalue weighted by Gasteiger charge is 2.47. The van der Waals surface area contributed by atoms with Gasteiger partial charge in [-0.3, -0.25) is 19.5 Å². The minimum absolute atomic E-state index is 0.00680. The molecule has 2 aromatic carbocycles. The van der Waals surface area contributed by atoms with Gasteiger partial charge in [0.1, 0.15) is 11.5 Å². The van der Waals surface area contributed by atoms with Crippen molar-refractivity contribution < 1.29 is 28.9 Å². The second-order valence-electron chi connectivity index (χ2n) is 8.27. The van der Waals surface area contributed by atoms with Crippen molar-refractivity contribution in [1.29, 1.82) is 0 Å². The van der Waals surface area contributed by atoms with E-state index in [4.69, 9.17) is 14.2 Å². The average Bonchev–Trinajstić information content (AvgIpc) is 3.45. The first-order valence-electron chi connectivity index (χ1n) is 11.0. The van der Waals surface area contributed by atoms with Crippen molar-refractivity contribution in [2.24, 2.45) is 0 Å². The molecule has 3 aliphatic rings. The molecule has 3 aliphatic heterocycles. The topological polar surface area (TPSA) is 98.2 Å². The zero-order valence-corrected chi connectivity index (χ0v) is 18.1. The quantitative estimate of drug-likeness (QED) is 0.364. The maximum Gasteiger partial charge on any atom is 0.300 e. The van der Waals surface area contributed by atoms with Crippen LogP contribution in [-0.2, 0) is 16.0 Å². The highest BCUT2D eigenvalue weighted by molar-refractivity contribution is 6.51. The molecule has 1 fully saturated rings. The average molecular weight is 456 g/mol. The van der Waals surface area contributed by atoms with Gasteiger partial charge >= 0.3 is 0 Å². The van der Waals surface area contributed by atoms with E-state index in [1.165, 1.54) is 4.90 Å². The minimum atomic E-state index is -0.860. The smallest absolute Gasteiger partial charge is 0.300 e. The van der Waals surface area contributed by atoms with E-state index in [1.807, 2.05) is 6.07 Å². The molecule has 8 nitrogen and oxygen atoms in total. The number of carbonyl (C=O) groups excluding carboxylic acids is 2. The lowest BCUT2D eigenvalue weighted by atomic mass is 9.94. The number of aliphatic hydroxyl groups is 1. The van der Waals surface area contributed by atoms with E-state index >= 15 is 0 Å². The van der Waals surface area contributed by atoms with Crippen LogP contribution in [0.2, 0.25) is 0 Å². The van der Waals surface area contributed by atoms with Gasteiger partial charge in [-0.2, -0.15) is 0 Å². The number of nitrogens with zero attached hydrogens (tertiary/aromatic N) is 2. The first-order chi connectivity index (χ1) is 16.6. The summed E-state index contributed by atoms with van der Waals surface area (Å²) in [6.45, 7) is 0.742. The third kappa shape index (κ3) is 3.18. The fraction of sp³-hybridized carbons (Fsp3) is 0.192. The lowest BCUT2D eigenvalue weighted by molar-refractivity contribution is -0.132. The molecular weight excluding hydrogens is 436 g/mol. The Kier molecular flexibility index (Phi) is 4.72. The van der Waals surface area contributed by atoms with Gasteiger partial charge < -0.3 is 19.3 Å². The molecule has 170 valence electrons. The summed E-state index contributed by atoms with van der Waals surface area (Å²) in [6.07, 6.45) is 4.89. The first kappa shape index (κ1) is 20.3. The van der Waals surface area contributed by atoms with Crippen molar-refractivity contribution in [1.82, 2.24) is 4.98 Å². The van der Waals surface area contributed by atoms with Gasteiger partial charge in [0.15, 0.2) is 11.5 Å². The number of aryl methyl sites for hydroxylation is 1. The number of hydrogen-bond acceptors (Lipinski definition) is 7. The number of anilines is 1. The molecule has 0 spiro atoms. The number of carbonyl (C=O) groups is 2. The van der Waals surface area contributed by atoms with Crippen LogP contribution in [-0.4, -0.2) is 35.2 Å². The van der Waals surface area contributed by atoms with Crippen molar-refractivity contribution in [3.8, 4) is 17.2 Å². The number of aromatic nitrogens is 1. The SMILES string of the molecule is O=C1C(=O)N(c2ccc3c(c2)OCO3)C(c2cccnc2)/C1=C(/O)c1ccc2c(c1)CCCO2. The number of amides is 1. The zero-order chi connectivity index (χ0) is 23.2. The predicted octanol–water partition coefficient (Wildman–Crippen LogP) is 3.76. The number of Topliss-reactive ketones (excluding diaryl/α,β-unsaturated/α-hetero) is 1. The number of ether oxygens (including phenoxy) is 3. The highest BCUT2D eigenvalue weighted by atomic mass is 16.7. The number of aliphatic hydroxyl groups excluding tert-OH is 1. The van der Waals surface area contributed by atoms with Crippen molar-refractivity contribution in [3.63, 3.8) is 0 Å². The molecule has 1 atom stereocenters. The molecule has 0 radical (unpaired) electrons. The largest absolute Gasteiger partial charge is 0.507 e. The molecule has 3 aromatic rings. The Morgan fingerprint density at radius 3 is 2.71 bits per heavy atom. The normalized spacial score (nSPS) is 20.2. The Morgan fingerprint density at radius 1 is 1.00 bits per heavy atom. The molecule has 1 aromatic heterocycles. The van der Waals surface area contributed by atoms with E-state index in [0.717, 1.165) is 24.2 Å². The molecule has 1 amide bonds. The van der Waals surface area contributed by atoms with Gasteiger partial charge in [-0.15, -0.1) is 0 Å². The standard InChI is InChI=1S/C26H20N2O6/c29-24(16-5-7-19-15(11-16)4-2-10-32-19)22-23(17-3-1-9-27-13-17)28(26(31)25(22)30)18-6-8-20-21(12-18)34-14-33-20/h1,3,5-9,11-13,23,29H,2,4,10,14H2/b24-22-. The van der Waals surface area contributed by atoms with E-state index in [2.05, 4.69) is 4.98 Å². The minimum Gasteiger partial charge on any atom is -0.507 e. The first-order valence-corrected chi connectivity index (χ1v) is 11.0. The Morgan fingerprint density at radius 2 is 1.85 bits per heavy atom. The van der Waals surface area contributed by atoms with Gasteiger partial charge in [-0.1, -0.05) is 6.07 Å². The van der Waals surface area contributed by atoms with Crippen LogP contribution in [0.25, 0.3) is 5.76 Å². The number of ketones is 1. The summed E-state index contributed by atoms with van der Waals surface area (Å²) >= 11 is 0. The molecule has 0 bridgehead atoms. The summed E-state index contributed by atoms with van der Waals surface area (Å²) in [4.78, 5) is 32.1. The van der Waals surface area contributed by atoms with Crippen LogP contribution in [0, 0.1) is 0 Å². The van der Waals surface area contributed by atoms with Crippen LogP contribution < -0.4 is 19.1 Å². The van der Waals surface area contributed by atoms with Gasteiger partial charge in [0, 0.05) is 29.7 Å². The second-order valence-corrected chi connectivity index (χ2v) is 8.27. The molecular formula is C26H20N2O6. The van der Waals surface area contributed by atoms with Crippen LogP contribution in [0.5, 0.6) is 17.2 Å². The van der Waals surface area contributed by atoms with Gasteiger partial charge in [-0.25, -0.2) is 0 Å². The summed E-state index contributed by atoms with van der Waals surface area (Å²) < 4.78 is 16.5. The van der Waals surface area contributed by atoms with E-state index < -0.39 is 17.7 Å². The molecule has 6 rings (SSSR count). The van der Waals surface area contributed by atoms with E-state index in [9.17, 15) is 14.7 Å². The monoisotopic (exact) mass is 456 g/mol. The van der Waals surface area contributed by atoms with Crippen LogP contribution in [0.15, 0.2) is 66.5 Å². The Hall–Kier alpha value is -4.33. The summed E-state index contributed by atoms with van der Waals surface area (Å²) in [5.41, 5.74) is 2.48. The molecule has 4 heterocycles. The lowest BCUT2D eigenvalue weighted by Gasteiger charge is -2.25. The number of benzene rings is 2. The van der Waals surface area contributed by atoms with Crippen LogP contribution in [0.4, 0.5) is 5.69 Å². The number of rotatable bonds is 3. The second kappa shape index (κ2) is 7.91. The van der Waals surface area contributed by atoms with Crippen molar-refractivity contribution in [2.75, 3.05) is 18.3 Å². The van der Waals surface area contributed by atoms with Gasteiger partial charge in [0.05, 0.1) is 18.2 Å². The van der Waals surface area contributed by atoms with E-state index in [1.54, 1.807) is 54.9 Å². The van der Waals surface area contributed by atoms with Crippen molar-refractivity contribution >= 4 is 23.1 Å². The summed E-state index contributed by atoms with van der Waals surface area (Å²) in [5, 5.41) is 11.3. The Labute approximate surface area is 195 Å². The van der Waals surface area contributed by atoms with Crippen molar-refractivity contribution in [2.45, 2.75) is 18.9 Å². The molecule has 34 heavy (non-hydrogen) atoms. The third-order valence-electron chi connectivity index (χ3n) is 6.26. The van der Waals surface area contributed by atoms with Crippen LogP contribution >= 0.6 is 0 Å². The Bertz CT molecular complexity index is 1350. The maximum absolute atomic E-state index is 13.3. The lowest BCUT2D eigenvalue weighted by Crippen LogP contribution is -2.29. The molecule has 1 N–H and O–H groups in total. The Balaban J connectivity index is 1.51. The third-order valence-corrected chi connectivity index (χ3v) is 6.26. The molecule has 1 saturated heterocycles. The van der Waals surface area contributed by atoms with E-state index in [0.29, 0.717) is 34.9 Å². The number of hydrogen-bond donors (Lipinski definition) is 1. The predicted molar refractivity (Wildman–Crippen MR) is 122 cm³/mol. The summed E-state index contributed by atoms with van der Waals surface area (Å²) in [6, 6.07) is 13.0. The summed E-state index contributed by atoms with van der Waals surface area (Å²) in [5.74, 6) is 0.0818. The van der Waals surface area contributed by atoms with Gasteiger partial charge in [-0.05, 0) is 60.4 Å². The molecule has 8 heteroatoms. The number of fused-ring (bicyclic) bond motifs is 2. The fourth-order valence-corrected chi connectivity index (χ4v) is 4.65. The molecule has 0 saturated carbocycles. The van der Waals surface area contributed by atoms with E-state index in [-0.39, 0.29) is 18.1 Å².